The number of nitro benzene ring substituents is 1. The van der Waals surface area contributed by atoms with Crippen LogP contribution in [0.4, 0.5) is 5.69 Å². The molecule has 0 spiro atoms. The van der Waals surface area contributed by atoms with E-state index in [1.807, 2.05) is 0 Å². The summed E-state index contributed by atoms with van der Waals surface area (Å²) in [5.74, 6) is -0.458. The van der Waals surface area contributed by atoms with Gasteiger partial charge in [0, 0.05) is 12.1 Å². The number of phenolic OH excluding ortho intramolecular Hbond substituents is 1. The summed E-state index contributed by atoms with van der Waals surface area (Å²) in [6, 6.07) is 2.31. The number of hydrogen-bond acceptors (Lipinski definition) is 5. The Morgan fingerprint density at radius 2 is 2.35 bits per heavy atom. The third-order valence-corrected chi connectivity index (χ3v) is 2.34. The lowest BCUT2D eigenvalue weighted by Gasteiger charge is -2.12. The second-order valence-corrected chi connectivity index (χ2v) is 3.48. The molecule has 0 heterocycles. The molecule has 0 aliphatic heterocycles. The van der Waals surface area contributed by atoms with Crippen molar-refractivity contribution >= 4 is 5.69 Å². The molecular weight excluding hydrogens is 224 g/mol. The first-order valence-corrected chi connectivity index (χ1v) is 4.93. The van der Waals surface area contributed by atoms with Gasteiger partial charge in [-0.25, -0.2) is 0 Å². The lowest BCUT2D eigenvalue weighted by Crippen LogP contribution is -2.09. The van der Waals surface area contributed by atoms with Crippen LogP contribution in [0.5, 0.6) is 11.5 Å². The Kier molecular flexibility index (Phi) is 4.06. The van der Waals surface area contributed by atoms with E-state index in [0.29, 0.717) is 12.0 Å². The van der Waals surface area contributed by atoms with E-state index in [4.69, 9.17) is 10.5 Å². The molecule has 0 amide bonds. The average molecular weight is 238 g/mol. The van der Waals surface area contributed by atoms with Gasteiger partial charge in [-0.2, -0.15) is 0 Å². The molecule has 1 aromatic rings. The molecule has 0 radical (unpaired) electrons. The van der Waals surface area contributed by atoms with Gasteiger partial charge >= 0.3 is 5.69 Å². The van der Waals surface area contributed by atoms with Gasteiger partial charge in [-0.05, 0) is 18.1 Å². The third kappa shape index (κ3) is 2.73. The highest BCUT2D eigenvalue weighted by atomic mass is 16.6. The average Bonchev–Trinajstić information content (AvgIpc) is 2.29. The number of aromatic hydroxyl groups is 1. The van der Waals surface area contributed by atoms with Gasteiger partial charge < -0.3 is 15.6 Å². The van der Waals surface area contributed by atoms with E-state index < -0.39 is 22.4 Å². The summed E-state index contributed by atoms with van der Waals surface area (Å²) in [5.41, 5.74) is 5.92. The second kappa shape index (κ2) is 5.31. The van der Waals surface area contributed by atoms with Crippen LogP contribution in [-0.2, 0) is 0 Å². The van der Waals surface area contributed by atoms with Crippen molar-refractivity contribution in [1.82, 2.24) is 0 Å². The molecule has 0 aliphatic carbocycles. The number of phenols is 1. The van der Waals surface area contributed by atoms with Crippen LogP contribution in [-0.4, -0.2) is 17.1 Å². The molecule has 1 atom stereocenters. The molecule has 0 unspecified atom stereocenters. The topological polar surface area (TPSA) is 98.6 Å². The number of methoxy groups -OCH3 is 1. The predicted octanol–water partition coefficient (Wildman–Crippen LogP) is 1.88. The highest BCUT2D eigenvalue weighted by Gasteiger charge is 2.21. The Balaban J connectivity index is 3.29. The highest BCUT2D eigenvalue weighted by molar-refractivity contribution is 5.57. The molecule has 0 saturated carbocycles. The molecule has 17 heavy (non-hydrogen) atoms. The quantitative estimate of drug-likeness (QED) is 0.463. The van der Waals surface area contributed by atoms with Crippen LogP contribution in [0, 0.1) is 10.1 Å². The first-order valence-electron chi connectivity index (χ1n) is 4.93. The summed E-state index contributed by atoms with van der Waals surface area (Å²) in [6.07, 6.45) is 2.10. The van der Waals surface area contributed by atoms with Crippen molar-refractivity contribution in [3.8, 4) is 11.5 Å². The standard InChI is InChI=1S/C11H14N2O4/c1-3-4-8(12)7-5-9(13(15)16)11(14)10(6-7)17-2/h3,5-6,8,14H,1,4,12H2,2H3/t8-/m1/s1. The van der Waals surface area contributed by atoms with Gasteiger partial charge in [0.2, 0.25) is 5.75 Å². The van der Waals surface area contributed by atoms with Crippen molar-refractivity contribution < 1.29 is 14.8 Å². The molecule has 0 aliphatic rings. The Morgan fingerprint density at radius 3 is 2.82 bits per heavy atom. The van der Waals surface area contributed by atoms with Gasteiger partial charge in [-0.1, -0.05) is 6.08 Å². The van der Waals surface area contributed by atoms with Crippen molar-refractivity contribution in [3.63, 3.8) is 0 Å². The lowest BCUT2D eigenvalue weighted by molar-refractivity contribution is -0.386. The summed E-state index contributed by atoms with van der Waals surface area (Å²) in [6.45, 7) is 3.55. The minimum atomic E-state index is -0.679. The molecule has 1 aromatic carbocycles. The Morgan fingerprint density at radius 1 is 1.71 bits per heavy atom. The fourth-order valence-electron chi connectivity index (χ4n) is 1.44. The van der Waals surface area contributed by atoms with Gasteiger partial charge in [0.15, 0.2) is 5.75 Å². The summed E-state index contributed by atoms with van der Waals surface area (Å²) in [5, 5.41) is 20.3. The molecule has 0 aromatic heterocycles. The van der Waals surface area contributed by atoms with Gasteiger partial charge in [0.1, 0.15) is 0 Å². The van der Waals surface area contributed by atoms with Crippen LogP contribution in [0.1, 0.15) is 18.0 Å². The normalized spacial score (nSPS) is 11.9. The predicted molar refractivity (Wildman–Crippen MR) is 63.1 cm³/mol. The maximum Gasteiger partial charge on any atom is 0.314 e. The lowest BCUT2D eigenvalue weighted by atomic mass is 10.0. The van der Waals surface area contributed by atoms with Crippen molar-refractivity contribution in [2.75, 3.05) is 7.11 Å². The smallest absolute Gasteiger partial charge is 0.314 e. The zero-order valence-corrected chi connectivity index (χ0v) is 9.42. The first kappa shape index (κ1) is 13.0. The Hall–Kier alpha value is -2.08. The number of rotatable bonds is 5. The van der Waals surface area contributed by atoms with Crippen molar-refractivity contribution in [2.24, 2.45) is 5.73 Å². The molecule has 0 bridgehead atoms. The number of ether oxygens (including phenoxy) is 1. The molecule has 3 N–H and O–H groups in total. The van der Waals surface area contributed by atoms with Gasteiger partial charge in [0.05, 0.1) is 12.0 Å². The fourth-order valence-corrected chi connectivity index (χ4v) is 1.44. The molecule has 1 rings (SSSR count). The van der Waals surface area contributed by atoms with E-state index >= 15 is 0 Å². The van der Waals surface area contributed by atoms with Gasteiger partial charge in [-0.3, -0.25) is 10.1 Å². The summed E-state index contributed by atoms with van der Waals surface area (Å²) >= 11 is 0. The van der Waals surface area contributed by atoms with Crippen molar-refractivity contribution in [1.29, 1.82) is 0 Å². The number of hydrogen-bond donors (Lipinski definition) is 2. The first-order chi connectivity index (χ1) is 8.01. The van der Waals surface area contributed by atoms with E-state index in [1.165, 1.54) is 19.2 Å². The maximum absolute atomic E-state index is 10.8. The Labute approximate surface area is 98.5 Å². The number of nitrogens with zero attached hydrogens (tertiary/aromatic N) is 1. The van der Waals surface area contributed by atoms with Crippen LogP contribution >= 0.6 is 0 Å². The minimum absolute atomic E-state index is 0.0358. The fraction of sp³-hybridized carbons (Fsp3) is 0.273. The van der Waals surface area contributed by atoms with Crippen LogP contribution in [0.3, 0.4) is 0 Å². The zero-order chi connectivity index (χ0) is 13.0. The number of nitrogens with two attached hydrogens (primary N) is 1. The molecule has 92 valence electrons. The Bertz CT molecular complexity index is 445. The minimum Gasteiger partial charge on any atom is -0.500 e. The summed E-state index contributed by atoms with van der Waals surface area (Å²) < 4.78 is 4.87. The van der Waals surface area contributed by atoms with Gasteiger partial charge in [0.25, 0.3) is 0 Å². The molecular formula is C11H14N2O4. The second-order valence-electron chi connectivity index (χ2n) is 3.48. The number of benzene rings is 1. The molecule has 0 fully saturated rings. The molecule has 0 saturated heterocycles. The van der Waals surface area contributed by atoms with Crippen LogP contribution in [0.25, 0.3) is 0 Å². The van der Waals surface area contributed by atoms with Gasteiger partial charge in [-0.15, -0.1) is 6.58 Å². The zero-order valence-electron chi connectivity index (χ0n) is 9.42. The maximum atomic E-state index is 10.8. The van der Waals surface area contributed by atoms with Crippen LogP contribution < -0.4 is 10.5 Å². The molecule has 6 nitrogen and oxygen atoms in total. The SMILES string of the molecule is C=CC[C@@H](N)c1cc(OC)c(O)c([N+](=O)[O-])c1. The van der Waals surface area contributed by atoms with E-state index in [9.17, 15) is 15.2 Å². The van der Waals surface area contributed by atoms with E-state index in [1.54, 1.807) is 6.08 Å². The van der Waals surface area contributed by atoms with E-state index in [2.05, 4.69) is 6.58 Å². The number of nitro groups is 1. The third-order valence-electron chi connectivity index (χ3n) is 2.34. The summed E-state index contributed by atoms with van der Waals surface area (Å²) in [7, 11) is 1.32. The van der Waals surface area contributed by atoms with Crippen molar-refractivity contribution in [3.05, 3.63) is 40.5 Å². The van der Waals surface area contributed by atoms with E-state index in [-0.39, 0.29) is 5.75 Å². The van der Waals surface area contributed by atoms with Crippen LogP contribution in [0.2, 0.25) is 0 Å². The highest BCUT2D eigenvalue weighted by Crippen LogP contribution is 2.38. The van der Waals surface area contributed by atoms with Crippen LogP contribution in [0.15, 0.2) is 24.8 Å². The summed E-state index contributed by atoms with van der Waals surface area (Å²) in [4.78, 5) is 10.1. The van der Waals surface area contributed by atoms with E-state index in [0.717, 1.165) is 0 Å². The molecule has 6 heteroatoms. The van der Waals surface area contributed by atoms with Crippen molar-refractivity contribution in [2.45, 2.75) is 12.5 Å². The largest absolute Gasteiger partial charge is 0.500 e. The monoisotopic (exact) mass is 238 g/mol.